The molecule has 0 radical (unpaired) electrons. The molecule has 0 spiro atoms. The molecule has 2 aromatic rings. The van der Waals surface area contributed by atoms with Crippen LogP contribution in [0.4, 0.5) is 10.5 Å². The van der Waals surface area contributed by atoms with Gasteiger partial charge in [-0.1, -0.05) is 0 Å². The van der Waals surface area contributed by atoms with Gasteiger partial charge < -0.3 is 15.4 Å². The van der Waals surface area contributed by atoms with Crippen molar-refractivity contribution < 1.29 is 14.3 Å². The number of nitrogens with one attached hydrogen (secondary N) is 2. The molecule has 1 aromatic heterocycles. The van der Waals surface area contributed by atoms with Crippen molar-refractivity contribution in [2.24, 2.45) is 5.41 Å². The summed E-state index contributed by atoms with van der Waals surface area (Å²) in [4.78, 5) is 23.7. The van der Waals surface area contributed by atoms with Gasteiger partial charge >= 0.3 is 12.0 Å². The number of aromatic nitrogens is 2. The fourth-order valence-corrected chi connectivity index (χ4v) is 3.37. The van der Waals surface area contributed by atoms with Crippen LogP contribution in [-0.4, -0.2) is 28.3 Å². The van der Waals surface area contributed by atoms with Crippen LogP contribution in [0.2, 0.25) is 0 Å². The number of hydrogen-bond acceptors (Lipinski definition) is 4. The van der Waals surface area contributed by atoms with E-state index >= 15 is 0 Å². The van der Waals surface area contributed by atoms with Crippen LogP contribution in [0.25, 0.3) is 0 Å². The van der Waals surface area contributed by atoms with E-state index in [4.69, 9.17) is 4.74 Å². The fraction of sp³-hybridized carbons (Fsp3) is 0.421. The summed E-state index contributed by atoms with van der Waals surface area (Å²) in [5.41, 5.74) is 4.28. The number of carbonyl (C=O) groups excluding carboxylic acids is 2. The number of anilines is 1. The van der Waals surface area contributed by atoms with Crippen molar-refractivity contribution in [2.45, 2.75) is 39.8 Å². The first-order valence-corrected chi connectivity index (χ1v) is 8.80. The van der Waals surface area contributed by atoms with Gasteiger partial charge in [-0.2, -0.15) is 5.10 Å². The number of benzene rings is 1. The second kappa shape index (κ2) is 6.16. The number of ether oxygens (including phenoxy) is 1. The van der Waals surface area contributed by atoms with Crippen LogP contribution in [0.15, 0.2) is 24.3 Å². The summed E-state index contributed by atoms with van der Waals surface area (Å²) in [6, 6.07) is 7.01. The van der Waals surface area contributed by atoms with Crippen LogP contribution >= 0.6 is 0 Å². The summed E-state index contributed by atoms with van der Waals surface area (Å²) in [6.07, 6.45) is 2.17. The lowest BCUT2D eigenvalue weighted by Gasteiger charge is -2.17. The van der Waals surface area contributed by atoms with Crippen LogP contribution in [0.3, 0.4) is 0 Å². The Morgan fingerprint density at radius 3 is 2.81 bits per heavy atom. The lowest BCUT2D eigenvalue weighted by atomic mass is 10.1. The van der Waals surface area contributed by atoms with Gasteiger partial charge in [-0.05, 0) is 51.0 Å². The molecular formula is C19H22N4O3. The first-order chi connectivity index (χ1) is 12.4. The van der Waals surface area contributed by atoms with Crippen molar-refractivity contribution >= 4 is 17.7 Å². The minimum atomic E-state index is -0.309. The number of hydrogen-bond donors (Lipinski definition) is 2. The maximum absolute atomic E-state index is 12.2. The Balaban J connectivity index is 1.33. The smallest absolute Gasteiger partial charge is 0.338 e. The van der Waals surface area contributed by atoms with Crippen molar-refractivity contribution in [3.8, 4) is 0 Å². The summed E-state index contributed by atoms with van der Waals surface area (Å²) in [7, 11) is 0. The van der Waals surface area contributed by atoms with Gasteiger partial charge in [0.2, 0.25) is 0 Å². The molecule has 0 bridgehead atoms. The first-order valence-electron chi connectivity index (χ1n) is 8.80. The number of rotatable bonds is 5. The Labute approximate surface area is 151 Å². The zero-order chi connectivity index (χ0) is 18.3. The highest BCUT2D eigenvalue weighted by Gasteiger charge is 2.43. The predicted octanol–water partition coefficient (Wildman–Crippen LogP) is 2.77. The molecule has 26 heavy (non-hydrogen) atoms. The number of urea groups is 1. The van der Waals surface area contributed by atoms with Gasteiger partial charge in [0.15, 0.2) is 0 Å². The number of aryl methyl sites for hydroxylation is 2. The van der Waals surface area contributed by atoms with Gasteiger partial charge in [0, 0.05) is 35.4 Å². The molecule has 7 nitrogen and oxygen atoms in total. The highest BCUT2D eigenvalue weighted by Crippen LogP contribution is 2.46. The van der Waals surface area contributed by atoms with Gasteiger partial charge in [0.05, 0.1) is 11.3 Å². The van der Waals surface area contributed by atoms with E-state index in [0.717, 1.165) is 36.3 Å². The van der Waals surface area contributed by atoms with E-state index in [-0.39, 0.29) is 24.0 Å². The van der Waals surface area contributed by atoms with Crippen LogP contribution < -0.4 is 10.6 Å². The topological polar surface area (TPSA) is 85.3 Å². The Kier molecular flexibility index (Phi) is 3.94. The number of fused-ring (bicyclic) bond motifs is 1. The Morgan fingerprint density at radius 1 is 1.31 bits per heavy atom. The second-order valence-corrected chi connectivity index (χ2v) is 7.34. The fourth-order valence-electron chi connectivity index (χ4n) is 3.37. The summed E-state index contributed by atoms with van der Waals surface area (Å²) in [5, 5.41) is 10.3. The molecule has 4 rings (SSSR count). The lowest BCUT2D eigenvalue weighted by Crippen LogP contribution is -2.35. The van der Waals surface area contributed by atoms with Crippen LogP contribution in [0.1, 0.15) is 40.2 Å². The van der Waals surface area contributed by atoms with Gasteiger partial charge in [0.25, 0.3) is 0 Å². The first kappa shape index (κ1) is 16.6. The average molecular weight is 354 g/mol. The summed E-state index contributed by atoms with van der Waals surface area (Å²) in [6.45, 7) is 5.74. The molecular weight excluding hydrogens is 332 g/mol. The highest BCUT2D eigenvalue weighted by molar-refractivity contribution is 5.95. The number of carbonyl (C=O) groups is 2. The van der Waals surface area contributed by atoms with Crippen molar-refractivity contribution in [1.82, 2.24) is 15.1 Å². The quantitative estimate of drug-likeness (QED) is 0.809. The average Bonchev–Trinajstić information content (AvgIpc) is 3.17. The zero-order valence-electron chi connectivity index (χ0n) is 15.0. The van der Waals surface area contributed by atoms with Crippen molar-refractivity contribution in [1.29, 1.82) is 0 Å². The van der Waals surface area contributed by atoms with Gasteiger partial charge in [-0.25, -0.2) is 9.59 Å². The molecule has 1 aliphatic heterocycles. The molecule has 136 valence electrons. The third-order valence-electron chi connectivity index (χ3n) is 5.11. The van der Waals surface area contributed by atoms with E-state index in [1.165, 1.54) is 0 Å². The van der Waals surface area contributed by atoms with Gasteiger partial charge in [-0.3, -0.25) is 4.68 Å². The summed E-state index contributed by atoms with van der Waals surface area (Å²) < 4.78 is 7.00. The van der Waals surface area contributed by atoms with E-state index < -0.39 is 0 Å². The van der Waals surface area contributed by atoms with Gasteiger partial charge in [-0.15, -0.1) is 0 Å². The minimum Gasteiger partial charge on any atom is -0.457 e. The maximum Gasteiger partial charge on any atom is 0.338 e. The number of amides is 2. The van der Waals surface area contributed by atoms with E-state index in [0.29, 0.717) is 17.8 Å². The number of esters is 1. The molecule has 0 saturated heterocycles. The third-order valence-corrected chi connectivity index (χ3v) is 5.11. The highest BCUT2D eigenvalue weighted by atomic mass is 16.5. The monoisotopic (exact) mass is 354 g/mol. The molecule has 1 aliphatic carbocycles. The minimum absolute atomic E-state index is 0.0960. The number of nitrogens with zero attached hydrogens (tertiary/aromatic N) is 2. The SMILES string of the molecule is Cc1cc(C)n(CC2(CNC(=O)Nc3ccc4c(c3)COC4=O)CC2)n1. The standard InChI is InChI=1S/C19H22N4O3/c1-12-7-13(2)23(22-12)11-19(5-6-19)10-20-18(25)21-15-3-4-16-14(8-15)9-26-17(16)24/h3-4,7-8H,5-6,9-11H2,1-2H3,(H2,20,21,25). The summed E-state index contributed by atoms with van der Waals surface area (Å²) >= 11 is 0. The Morgan fingerprint density at radius 2 is 2.12 bits per heavy atom. The molecule has 7 heteroatoms. The summed E-state index contributed by atoms with van der Waals surface area (Å²) in [5.74, 6) is -0.309. The molecule has 2 amide bonds. The van der Waals surface area contributed by atoms with E-state index in [2.05, 4.69) is 28.7 Å². The number of cyclic esters (lactones) is 1. The van der Waals surface area contributed by atoms with Crippen molar-refractivity contribution in [3.63, 3.8) is 0 Å². The van der Waals surface area contributed by atoms with Crippen molar-refractivity contribution in [3.05, 3.63) is 46.8 Å². The molecule has 1 fully saturated rings. The molecule has 1 saturated carbocycles. The second-order valence-electron chi connectivity index (χ2n) is 7.34. The normalized spacial score (nSPS) is 16.8. The Hall–Kier alpha value is -2.83. The van der Waals surface area contributed by atoms with E-state index in [9.17, 15) is 9.59 Å². The van der Waals surface area contributed by atoms with Gasteiger partial charge in [0.1, 0.15) is 6.61 Å². The molecule has 2 N–H and O–H groups in total. The molecule has 0 unspecified atom stereocenters. The van der Waals surface area contributed by atoms with Crippen LogP contribution in [0, 0.1) is 19.3 Å². The van der Waals surface area contributed by atoms with E-state index in [1.54, 1.807) is 18.2 Å². The predicted molar refractivity (Wildman–Crippen MR) is 96.0 cm³/mol. The lowest BCUT2D eigenvalue weighted by molar-refractivity contribution is 0.0535. The van der Waals surface area contributed by atoms with Crippen LogP contribution in [0.5, 0.6) is 0 Å². The molecule has 1 aromatic carbocycles. The Bertz CT molecular complexity index is 883. The molecule has 2 aliphatic rings. The van der Waals surface area contributed by atoms with E-state index in [1.807, 2.05) is 11.6 Å². The largest absolute Gasteiger partial charge is 0.457 e. The van der Waals surface area contributed by atoms with Crippen LogP contribution in [-0.2, 0) is 17.9 Å². The molecule has 0 atom stereocenters. The van der Waals surface area contributed by atoms with Crippen molar-refractivity contribution in [2.75, 3.05) is 11.9 Å². The maximum atomic E-state index is 12.2. The third kappa shape index (κ3) is 3.29. The molecule has 2 heterocycles. The zero-order valence-corrected chi connectivity index (χ0v) is 15.0.